The lowest BCUT2D eigenvalue weighted by atomic mass is 10.1. The zero-order valence-corrected chi connectivity index (χ0v) is 20.3. The van der Waals surface area contributed by atoms with Crippen molar-refractivity contribution in [2.45, 2.75) is 96.8 Å². The van der Waals surface area contributed by atoms with Gasteiger partial charge < -0.3 is 14.4 Å². The Morgan fingerprint density at radius 2 is 1.31 bits per heavy atom. The summed E-state index contributed by atoms with van der Waals surface area (Å²) in [5.74, 6) is -0.0890. The van der Waals surface area contributed by atoms with Gasteiger partial charge in [-0.2, -0.15) is 0 Å². The van der Waals surface area contributed by atoms with Gasteiger partial charge in [0, 0.05) is 13.0 Å². The highest BCUT2D eigenvalue weighted by atomic mass is 35.5. The van der Waals surface area contributed by atoms with Gasteiger partial charge in [-0.25, -0.2) is 0 Å². The average Bonchev–Trinajstić information content (AvgIpc) is 2.67. The van der Waals surface area contributed by atoms with E-state index in [9.17, 15) is 4.79 Å². The van der Waals surface area contributed by atoms with E-state index in [4.69, 9.17) is 9.47 Å². The number of hydrogen-bond donors (Lipinski definition) is 0. The highest BCUT2D eigenvalue weighted by Crippen LogP contribution is 2.10. The van der Waals surface area contributed by atoms with Crippen molar-refractivity contribution in [1.82, 2.24) is 4.90 Å². The minimum Gasteiger partial charge on any atom is -0.463 e. The standard InChI is InChI=1S/C24H47NO3.ClH/c1-4-5-6-7-8-9-10-11-12-13-14-15-16-17-18-19-24(26)28-23-22-27-21-20-25(2)3;/h11-12H,4-10,13-23H2,1-3H3;1H/b12-11-;. The zero-order valence-electron chi connectivity index (χ0n) is 19.5. The molecule has 0 radical (unpaired) electrons. The molecule has 0 unspecified atom stereocenters. The molecule has 0 fully saturated rings. The SMILES string of the molecule is CCCCCCCC/C=C\CCCCCCCC(=O)OCCOCCN(C)C.Cl. The summed E-state index contributed by atoms with van der Waals surface area (Å²) in [6, 6.07) is 0. The second-order valence-electron chi connectivity index (χ2n) is 7.97. The molecule has 0 aliphatic rings. The number of unbranched alkanes of at least 4 members (excludes halogenated alkanes) is 11. The third-order valence-corrected chi connectivity index (χ3v) is 4.82. The van der Waals surface area contributed by atoms with Crippen LogP contribution in [0.4, 0.5) is 0 Å². The number of likely N-dealkylation sites (N-methyl/N-ethyl adjacent to an activating group) is 1. The fraction of sp³-hybridized carbons (Fsp3) is 0.875. The molecule has 0 heterocycles. The normalized spacial score (nSPS) is 11.2. The van der Waals surface area contributed by atoms with Crippen LogP contribution in [0.15, 0.2) is 12.2 Å². The van der Waals surface area contributed by atoms with Gasteiger partial charge in [-0.1, -0.05) is 70.4 Å². The highest BCUT2D eigenvalue weighted by molar-refractivity contribution is 5.85. The molecule has 5 heteroatoms. The zero-order chi connectivity index (χ0) is 20.7. The van der Waals surface area contributed by atoms with E-state index in [-0.39, 0.29) is 18.4 Å². The van der Waals surface area contributed by atoms with Crippen LogP contribution in [-0.4, -0.2) is 51.3 Å². The molecule has 174 valence electrons. The van der Waals surface area contributed by atoms with Crippen LogP contribution < -0.4 is 0 Å². The Morgan fingerprint density at radius 3 is 1.90 bits per heavy atom. The Morgan fingerprint density at radius 1 is 0.759 bits per heavy atom. The first-order valence-corrected chi connectivity index (χ1v) is 11.7. The molecule has 0 bridgehead atoms. The van der Waals surface area contributed by atoms with Crippen LogP contribution in [0.1, 0.15) is 96.8 Å². The lowest BCUT2D eigenvalue weighted by Gasteiger charge is -2.10. The number of carbonyl (C=O) groups excluding carboxylic acids is 1. The maximum absolute atomic E-state index is 11.6. The third-order valence-electron chi connectivity index (χ3n) is 4.82. The van der Waals surface area contributed by atoms with Gasteiger partial charge in [-0.15, -0.1) is 12.4 Å². The molecule has 0 saturated carbocycles. The van der Waals surface area contributed by atoms with E-state index < -0.39 is 0 Å². The summed E-state index contributed by atoms with van der Waals surface area (Å²) in [5.41, 5.74) is 0. The Kier molecular flexibility index (Phi) is 26.9. The molecule has 29 heavy (non-hydrogen) atoms. The maximum Gasteiger partial charge on any atom is 0.305 e. The quantitative estimate of drug-likeness (QED) is 0.116. The first-order chi connectivity index (χ1) is 13.7. The number of carbonyl (C=O) groups is 1. The number of halogens is 1. The minimum atomic E-state index is -0.0890. The summed E-state index contributed by atoms with van der Waals surface area (Å²) in [6.45, 7) is 4.70. The Labute approximate surface area is 187 Å². The molecule has 0 aromatic rings. The largest absolute Gasteiger partial charge is 0.463 e. The first-order valence-electron chi connectivity index (χ1n) is 11.7. The van der Waals surface area contributed by atoms with E-state index in [0.717, 1.165) is 19.4 Å². The van der Waals surface area contributed by atoms with Crippen molar-refractivity contribution in [2.75, 3.05) is 40.5 Å². The van der Waals surface area contributed by atoms with Crippen molar-refractivity contribution < 1.29 is 14.3 Å². The Bertz CT molecular complexity index is 362. The average molecular weight is 434 g/mol. The molecule has 0 spiro atoms. The van der Waals surface area contributed by atoms with Gasteiger partial charge in [-0.3, -0.25) is 4.79 Å². The highest BCUT2D eigenvalue weighted by Gasteiger charge is 2.02. The van der Waals surface area contributed by atoms with E-state index in [1.807, 2.05) is 14.1 Å². The first kappa shape index (κ1) is 30.6. The molecule has 0 N–H and O–H groups in total. The summed E-state index contributed by atoms with van der Waals surface area (Å²) < 4.78 is 10.6. The van der Waals surface area contributed by atoms with Gasteiger partial charge >= 0.3 is 5.97 Å². The van der Waals surface area contributed by atoms with Crippen molar-refractivity contribution in [2.24, 2.45) is 0 Å². The molecular formula is C24H48ClNO3. The van der Waals surface area contributed by atoms with Gasteiger partial charge in [0.1, 0.15) is 6.61 Å². The number of ether oxygens (including phenoxy) is 2. The number of rotatable bonds is 21. The molecule has 4 nitrogen and oxygen atoms in total. The fourth-order valence-corrected chi connectivity index (χ4v) is 2.98. The lowest BCUT2D eigenvalue weighted by molar-refractivity contribution is -0.145. The van der Waals surface area contributed by atoms with Crippen molar-refractivity contribution in [3.8, 4) is 0 Å². The van der Waals surface area contributed by atoms with Crippen LogP contribution in [0.5, 0.6) is 0 Å². The lowest BCUT2D eigenvalue weighted by Crippen LogP contribution is -2.19. The van der Waals surface area contributed by atoms with Crippen LogP contribution in [0, 0.1) is 0 Å². The Hall–Kier alpha value is -0.580. The predicted molar refractivity (Wildman–Crippen MR) is 127 cm³/mol. The molecule has 0 atom stereocenters. The van der Waals surface area contributed by atoms with Gasteiger partial charge in [0.15, 0.2) is 0 Å². The van der Waals surface area contributed by atoms with E-state index in [2.05, 4.69) is 24.0 Å². The number of allylic oxidation sites excluding steroid dienone is 2. The van der Waals surface area contributed by atoms with Gasteiger partial charge in [0.2, 0.25) is 0 Å². The number of nitrogens with zero attached hydrogens (tertiary/aromatic N) is 1. The molecular weight excluding hydrogens is 386 g/mol. The summed E-state index contributed by atoms with van der Waals surface area (Å²) in [7, 11) is 4.02. The van der Waals surface area contributed by atoms with Crippen molar-refractivity contribution in [3.63, 3.8) is 0 Å². The number of hydrogen-bond acceptors (Lipinski definition) is 4. The molecule has 0 aromatic heterocycles. The third kappa shape index (κ3) is 27.4. The minimum absolute atomic E-state index is 0. The van der Waals surface area contributed by atoms with E-state index in [0.29, 0.717) is 26.2 Å². The predicted octanol–water partition coefficient (Wildman–Crippen LogP) is 6.57. The molecule has 0 aliphatic heterocycles. The second kappa shape index (κ2) is 25.5. The molecule has 0 saturated heterocycles. The van der Waals surface area contributed by atoms with E-state index >= 15 is 0 Å². The molecule has 0 rings (SSSR count). The fourth-order valence-electron chi connectivity index (χ4n) is 2.98. The van der Waals surface area contributed by atoms with Crippen molar-refractivity contribution in [1.29, 1.82) is 0 Å². The van der Waals surface area contributed by atoms with Crippen molar-refractivity contribution in [3.05, 3.63) is 12.2 Å². The summed E-state index contributed by atoms with van der Waals surface area (Å²) in [6.07, 6.45) is 21.8. The van der Waals surface area contributed by atoms with Crippen LogP contribution in [0.25, 0.3) is 0 Å². The topological polar surface area (TPSA) is 38.8 Å². The van der Waals surface area contributed by atoms with Crippen LogP contribution in [-0.2, 0) is 14.3 Å². The summed E-state index contributed by atoms with van der Waals surface area (Å²) in [4.78, 5) is 13.7. The smallest absolute Gasteiger partial charge is 0.305 e. The monoisotopic (exact) mass is 433 g/mol. The van der Waals surface area contributed by atoms with Crippen LogP contribution in [0.3, 0.4) is 0 Å². The maximum atomic E-state index is 11.6. The van der Waals surface area contributed by atoms with E-state index in [1.54, 1.807) is 0 Å². The van der Waals surface area contributed by atoms with Crippen molar-refractivity contribution >= 4 is 18.4 Å². The molecule has 0 aromatic carbocycles. The molecule has 0 aliphatic carbocycles. The number of esters is 1. The summed E-state index contributed by atoms with van der Waals surface area (Å²) >= 11 is 0. The van der Waals surface area contributed by atoms with Gasteiger partial charge in [0.25, 0.3) is 0 Å². The van der Waals surface area contributed by atoms with E-state index in [1.165, 1.54) is 70.6 Å². The Balaban J connectivity index is 0. The van der Waals surface area contributed by atoms with Gasteiger partial charge in [0.05, 0.1) is 13.2 Å². The van der Waals surface area contributed by atoms with Gasteiger partial charge in [-0.05, 0) is 46.2 Å². The summed E-state index contributed by atoms with van der Waals surface area (Å²) in [5, 5.41) is 0. The van der Waals surface area contributed by atoms with Crippen LogP contribution >= 0.6 is 12.4 Å². The molecule has 0 amide bonds. The second-order valence-corrected chi connectivity index (χ2v) is 7.97. The van der Waals surface area contributed by atoms with Crippen LogP contribution in [0.2, 0.25) is 0 Å².